The average molecular weight is 201 g/mol. The predicted octanol–water partition coefficient (Wildman–Crippen LogP) is 0.953. The van der Waals surface area contributed by atoms with E-state index < -0.39 is 0 Å². The molecule has 0 atom stereocenters. The van der Waals surface area contributed by atoms with Crippen molar-refractivity contribution in [2.45, 2.75) is 0 Å². The van der Waals surface area contributed by atoms with Crippen molar-refractivity contribution in [2.75, 3.05) is 18.6 Å². The summed E-state index contributed by atoms with van der Waals surface area (Å²) in [6, 6.07) is 0. The van der Waals surface area contributed by atoms with E-state index in [1.54, 1.807) is 14.1 Å². The van der Waals surface area contributed by atoms with Crippen LogP contribution in [0.4, 0.5) is 0 Å². The largest absolute Gasteiger partial charge is 0.633 e. The van der Waals surface area contributed by atoms with Crippen LogP contribution in [0.25, 0.3) is 0 Å². The molecule has 3 heteroatoms. The topological polar surface area (TPSA) is 23.1 Å². The second kappa shape index (κ2) is 2.09. The van der Waals surface area contributed by atoms with Gasteiger partial charge >= 0.3 is 0 Å². The Balaban J connectivity index is 3.17. The first kappa shape index (κ1) is 6.65. The highest BCUT2D eigenvalue weighted by Gasteiger charge is 1.91. The van der Waals surface area contributed by atoms with Gasteiger partial charge in [-0.2, -0.15) is 0 Å². The van der Waals surface area contributed by atoms with E-state index in [0.717, 1.165) is 0 Å². The Morgan fingerprint density at radius 1 is 1.67 bits per heavy atom. The minimum absolute atomic E-state index is 0.194. The molecule has 0 aromatic heterocycles. The van der Waals surface area contributed by atoms with E-state index in [9.17, 15) is 5.21 Å². The summed E-state index contributed by atoms with van der Waals surface area (Å²) in [6.45, 7) is 0. The van der Waals surface area contributed by atoms with Gasteiger partial charge < -0.3 is 9.85 Å². The van der Waals surface area contributed by atoms with Gasteiger partial charge in [0.05, 0.1) is 14.1 Å². The molecule has 0 amide bonds. The van der Waals surface area contributed by atoms with E-state index >= 15 is 0 Å². The molecule has 0 aliphatic heterocycles. The molecule has 38 valence electrons. The summed E-state index contributed by atoms with van der Waals surface area (Å²) in [5, 5.41) is 10.4. The van der Waals surface area contributed by atoms with Gasteiger partial charge in [0, 0.05) is 0 Å². The summed E-state index contributed by atoms with van der Waals surface area (Å²) in [7, 11) is 3.24. The molecule has 0 aromatic carbocycles. The molecule has 6 heavy (non-hydrogen) atoms. The lowest BCUT2D eigenvalue weighted by Gasteiger charge is -2.30. The maximum absolute atomic E-state index is 10.4. The molecule has 0 saturated carbocycles. The molecular weight excluding hydrogens is 193 g/mol. The Labute approximate surface area is 51.4 Å². The van der Waals surface area contributed by atoms with Crippen molar-refractivity contribution < 1.29 is 4.65 Å². The van der Waals surface area contributed by atoms with Crippen molar-refractivity contribution in [1.29, 1.82) is 0 Å². The van der Waals surface area contributed by atoms with Gasteiger partial charge in [0.1, 0.15) is 4.55 Å². The maximum Gasteiger partial charge on any atom is 0.129 e. The third-order valence-electron chi connectivity index (χ3n) is 0.288. The highest BCUT2D eigenvalue weighted by atomic mass is 127. The molecule has 0 fully saturated rings. The highest BCUT2D eigenvalue weighted by molar-refractivity contribution is 14.1. The lowest BCUT2D eigenvalue weighted by Crippen LogP contribution is -2.29. The molecule has 0 rings (SSSR count). The van der Waals surface area contributed by atoms with E-state index in [1.807, 2.05) is 0 Å². The molecule has 0 N–H and O–H groups in total. The molecule has 0 heterocycles. The molecular formula is C3H8INO. The van der Waals surface area contributed by atoms with Crippen molar-refractivity contribution >= 4 is 22.6 Å². The summed E-state index contributed by atoms with van der Waals surface area (Å²) in [5.74, 6) is 0. The minimum atomic E-state index is -0.194. The van der Waals surface area contributed by atoms with Crippen molar-refractivity contribution in [3.05, 3.63) is 5.21 Å². The summed E-state index contributed by atoms with van der Waals surface area (Å²) in [5.41, 5.74) is 0. The first-order chi connectivity index (χ1) is 2.56. The monoisotopic (exact) mass is 201 g/mol. The van der Waals surface area contributed by atoms with E-state index in [2.05, 4.69) is 22.6 Å². The number of hydrogen-bond acceptors (Lipinski definition) is 1. The Morgan fingerprint density at radius 2 is 1.83 bits per heavy atom. The van der Waals surface area contributed by atoms with Crippen LogP contribution in [0, 0.1) is 5.21 Å². The van der Waals surface area contributed by atoms with Crippen molar-refractivity contribution in [2.24, 2.45) is 0 Å². The Morgan fingerprint density at radius 3 is 1.83 bits per heavy atom. The van der Waals surface area contributed by atoms with Gasteiger partial charge in [0.15, 0.2) is 0 Å². The van der Waals surface area contributed by atoms with E-state index in [1.165, 1.54) is 0 Å². The zero-order chi connectivity index (χ0) is 5.21. The van der Waals surface area contributed by atoms with Crippen molar-refractivity contribution in [3.8, 4) is 0 Å². The lowest BCUT2D eigenvalue weighted by atomic mass is 11.0. The number of halogens is 1. The maximum atomic E-state index is 10.4. The van der Waals surface area contributed by atoms with E-state index in [0.29, 0.717) is 4.55 Å². The van der Waals surface area contributed by atoms with Crippen LogP contribution in [0.1, 0.15) is 0 Å². The molecule has 0 bridgehead atoms. The van der Waals surface area contributed by atoms with E-state index in [4.69, 9.17) is 0 Å². The minimum Gasteiger partial charge on any atom is -0.633 e. The SMILES string of the molecule is C[N+](C)([O-])CI. The third kappa shape index (κ3) is 4.65. The van der Waals surface area contributed by atoms with Crippen molar-refractivity contribution in [3.63, 3.8) is 0 Å². The predicted molar refractivity (Wildman–Crippen MR) is 34.4 cm³/mol. The van der Waals surface area contributed by atoms with Crippen molar-refractivity contribution in [1.82, 2.24) is 0 Å². The van der Waals surface area contributed by atoms with Crippen LogP contribution in [0.15, 0.2) is 0 Å². The Kier molecular flexibility index (Phi) is 2.31. The number of hydroxylamine groups is 3. The van der Waals surface area contributed by atoms with Gasteiger partial charge in [-0.3, -0.25) is 0 Å². The van der Waals surface area contributed by atoms with Crippen LogP contribution < -0.4 is 0 Å². The summed E-state index contributed by atoms with van der Waals surface area (Å²) in [6.07, 6.45) is 0. The Bertz CT molecular complexity index is 40.5. The second-order valence-corrected chi connectivity index (χ2v) is 2.38. The molecule has 0 spiro atoms. The summed E-state index contributed by atoms with van der Waals surface area (Å²) < 4.78 is 0.429. The Hall–Kier alpha value is 0.650. The van der Waals surface area contributed by atoms with Gasteiger partial charge in [-0.1, -0.05) is 0 Å². The standard InChI is InChI=1S/C3H8INO/c1-5(2,6)3-4/h3H2,1-2H3. The third-order valence-corrected chi connectivity index (χ3v) is 1.93. The van der Waals surface area contributed by atoms with Crippen LogP contribution in [-0.2, 0) is 0 Å². The number of rotatable bonds is 1. The lowest BCUT2D eigenvalue weighted by molar-refractivity contribution is -0.822. The smallest absolute Gasteiger partial charge is 0.129 e. The quantitative estimate of drug-likeness (QED) is 0.203. The first-order valence-electron chi connectivity index (χ1n) is 1.66. The fourth-order valence-corrected chi connectivity index (χ4v) is 0. The number of nitrogens with zero attached hydrogens (tertiary/aromatic N) is 1. The van der Waals surface area contributed by atoms with Gasteiger partial charge in [-0.15, -0.1) is 0 Å². The van der Waals surface area contributed by atoms with Crippen LogP contribution >= 0.6 is 22.6 Å². The van der Waals surface area contributed by atoms with Crippen LogP contribution in [0.5, 0.6) is 0 Å². The van der Waals surface area contributed by atoms with Gasteiger partial charge in [0.25, 0.3) is 0 Å². The van der Waals surface area contributed by atoms with Gasteiger partial charge in [-0.25, -0.2) is 0 Å². The number of hydrogen-bond donors (Lipinski definition) is 0. The number of quaternary nitrogens is 1. The highest BCUT2D eigenvalue weighted by Crippen LogP contribution is 1.95. The molecule has 0 aliphatic carbocycles. The fraction of sp³-hybridized carbons (Fsp3) is 1.00. The van der Waals surface area contributed by atoms with Crippen LogP contribution in [-0.4, -0.2) is 23.3 Å². The molecule has 0 aromatic rings. The molecule has 0 aliphatic rings. The zero-order valence-electron chi connectivity index (χ0n) is 3.94. The van der Waals surface area contributed by atoms with Crippen LogP contribution in [0.3, 0.4) is 0 Å². The normalized spacial score (nSPS) is 12.0. The molecule has 0 saturated heterocycles. The molecule has 0 unspecified atom stereocenters. The average Bonchev–Trinajstić information content (AvgIpc) is 1.35. The molecule has 2 nitrogen and oxygen atoms in total. The fourth-order valence-electron chi connectivity index (χ4n) is 0. The van der Waals surface area contributed by atoms with Crippen LogP contribution in [0.2, 0.25) is 0 Å². The summed E-state index contributed by atoms with van der Waals surface area (Å²) in [4.78, 5) is 0. The molecule has 0 radical (unpaired) electrons. The van der Waals surface area contributed by atoms with Gasteiger partial charge in [0.2, 0.25) is 0 Å². The first-order valence-corrected chi connectivity index (χ1v) is 3.19. The zero-order valence-corrected chi connectivity index (χ0v) is 6.10. The second-order valence-electron chi connectivity index (χ2n) is 1.69. The van der Waals surface area contributed by atoms with Gasteiger partial charge in [-0.05, 0) is 22.6 Å². The van der Waals surface area contributed by atoms with E-state index in [-0.39, 0.29) is 4.65 Å². The summed E-state index contributed by atoms with van der Waals surface area (Å²) >= 11 is 2.05. The number of alkyl halides is 1.